The Hall–Kier alpha value is -4.73. The number of nitrogens with zero attached hydrogens (tertiary/aromatic N) is 4. The Morgan fingerprint density at radius 2 is 1.48 bits per heavy atom. The number of carbonyl (C=O) groups is 2. The molecule has 0 unspecified atom stereocenters. The Balaban J connectivity index is 1.26. The summed E-state index contributed by atoms with van der Waals surface area (Å²) in [5.41, 5.74) is 4.30. The number of benzene rings is 4. The zero-order valence-corrected chi connectivity index (χ0v) is 26.0. The van der Waals surface area contributed by atoms with E-state index < -0.39 is 6.17 Å². The van der Waals surface area contributed by atoms with Crippen LogP contribution in [0.2, 0.25) is 0 Å². The fourth-order valence-corrected chi connectivity index (χ4v) is 6.78. The molecule has 4 aromatic rings. The number of piperazine rings is 1. The molecule has 3 amide bonds. The van der Waals surface area contributed by atoms with Crippen molar-refractivity contribution in [1.82, 2.24) is 25.1 Å². The van der Waals surface area contributed by atoms with E-state index in [0.717, 1.165) is 24.1 Å². The van der Waals surface area contributed by atoms with Crippen LogP contribution in [0, 0.1) is 5.82 Å². The molecule has 2 atom stereocenters. The van der Waals surface area contributed by atoms with Crippen molar-refractivity contribution < 1.29 is 19.1 Å². The van der Waals surface area contributed by atoms with Gasteiger partial charge in [0.25, 0.3) is 0 Å². The zero-order valence-electron chi connectivity index (χ0n) is 26.0. The predicted molar refractivity (Wildman–Crippen MR) is 175 cm³/mol. The second kappa shape index (κ2) is 14.1. The van der Waals surface area contributed by atoms with Crippen molar-refractivity contribution >= 4 is 11.9 Å². The fraction of sp³-hybridized carbons (Fsp3) is 0.297. The number of phenolic OH excluding ortho intramolecular Hbond substituents is 1. The van der Waals surface area contributed by atoms with Crippen molar-refractivity contribution in [1.29, 1.82) is 0 Å². The monoisotopic (exact) mass is 621 g/mol. The molecule has 4 aromatic carbocycles. The highest BCUT2D eigenvalue weighted by Gasteiger charge is 2.47. The van der Waals surface area contributed by atoms with Gasteiger partial charge in [-0.15, -0.1) is 0 Å². The number of nitrogens with one attached hydrogen (secondary N) is 1. The Bertz CT molecular complexity index is 1560. The summed E-state index contributed by atoms with van der Waals surface area (Å²) in [5.74, 6) is 0.0369. The molecule has 0 bridgehead atoms. The Morgan fingerprint density at radius 3 is 2.11 bits per heavy atom. The van der Waals surface area contributed by atoms with Crippen molar-refractivity contribution in [2.45, 2.75) is 37.5 Å². The maximum absolute atomic E-state index is 13.8. The van der Waals surface area contributed by atoms with Gasteiger partial charge in [-0.2, -0.15) is 0 Å². The molecule has 0 spiro atoms. The Labute approximate surface area is 269 Å². The van der Waals surface area contributed by atoms with Crippen LogP contribution in [0.5, 0.6) is 5.75 Å². The van der Waals surface area contributed by atoms with Crippen LogP contribution in [-0.4, -0.2) is 82.3 Å². The molecule has 8 nitrogen and oxygen atoms in total. The third kappa shape index (κ3) is 7.22. The second-order valence-electron chi connectivity index (χ2n) is 12.2. The fourth-order valence-electron chi connectivity index (χ4n) is 6.78. The summed E-state index contributed by atoms with van der Waals surface area (Å²) < 4.78 is 13.4. The van der Waals surface area contributed by atoms with Gasteiger partial charge in [-0.3, -0.25) is 9.69 Å². The summed E-state index contributed by atoms with van der Waals surface area (Å²) in [6.07, 6.45) is 0.948. The van der Waals surface area contributed by atoms with Gasteiger partial charge in [0.05, 0.1) is 12.6 Å². The Kier molecular flexibility index (Phi) is 9.61. The van der Waals surface area contributed by atoms with Crippen molar-refractivity contribution in [2.75, 3.05) is 33.2 Å². The number of rotatable bonds is 9. The number of urea groups is 1. The van der Waals surface area contributed by atoms with Gasteiger partial charge in [-0.25, -0.2) is 19.2 Å². The quantitative estimate of drug-likeness (QED) is 0.269. The number of fused-ring (bicyclic) bond motifs is 1. The number of hydrazine groups is 1. The van der Waals surface area contributed by atoms with E-state index in [-0.39, 0.29) is 48.6 Å². The minimum absolute atomic E-state index is 0.0232. The van der Waals surface area contributed by atoms with Gasteiger partial charge in [-0.05, 0) is 65.9 Å². The number of hydrogen-bond acceptors (Lipinski definition) is 5. The second-order valence-corrected chi connectivity index (χ2v) is 12.2. The van der Waals surface area contributed by atoms with E-state index in [0.29, 0.717) is 19.5 Å². The third-order valence-corrected chi connectivity index (χ3v) is 9.02. The molecule has 2 N–H and O–H groups in total. The number of hydrogen-bond donors (Lipinski definition) is 2. The first-order valence-electron chi connectivity index (χ1n) is 15.8. The molecule has 2 heterocycles. The van der Waals surface area contributed by atoms with E-state index in [4.69, 9.17) is 0 Å². The van der Waals surface area contributed by atoms with Crippen LogP contribution in [0.1, 0.15) is 34.6 Å². The first-order valence-corrected chi connectivity index (χ1v) is 15.8. The van der Waals surface area contributed by atoms with Gasteiger partial charge >= 0.3 is 6.03 Å². The summed E-state index contributed by atoms with van der Waals surface area (Å²) in [4.78, 5) is 31.7. The third-order valence-electron chi connectivity index (χ3n) is 9.02. The molecule has 0 aromatic heterocycles. The molecule has 2 fully saturated rings. The molecule has 0 saturated carbocycles. The van der Waals surface area contributed by atoms with E-state index in [1.807, 2.05) is 29.2 Å². The summed E-state index contributed by atoms with van der Waals surface area (Å²) in [6.45, 7) is 2.25. The summed E-state index contributed by atoms with van der Waals surface area (Å²) in [7, 11) is 1.77. The minimum Gasteiger partial charge on any atom is -0.508 e. The molecule has 0 aliphatic carbocycles. The van der Waals surface area contributed by atoms with Crippen LogP contribution in [-0.2, 0) is 17.8 Å². The van der Waals surface area contributed by atoms with E-state index >= 15 is 0 Å². The lowest BCUT2D eigenvalue weighted by Crippen LogP contribution is -2.75. The van der Waals surface area contributed by atoms with Crippen LogP contribution in [0.3, 0.4) is 0 Å². The standard InChI is InChI=1S/C37H40FN5O3/c1-40-26-36(45)42-32(22-27-14-18-33(44)19-15-27)24-41(21-20-34(29-8-4-2-5-9-29)30-10-6-3-7-11-30)25-35(42)43(40)37(46)39-23-28-12-16-31(38)17-13-28/h2-19,32,34-35,44H,20-26H2,1H3,(H,39,46)/t32-,35-/m0/s1. The molecule has 0 radical (unpaired) electrons. The van der Waals surface area contributed by atoms with Crippen LogP contribution in [0.15, 0.2) is 109 Å². The first-order chi connectivity index (χ1) is 22.4. The molecule has 2 aliphatic rings. The Morgan fingerprint density at radius 1 is 0.870 bits per heavy atom. The highest BCUT2D eigenvalue weighted by atomic mass is 19.1. The van der Waals surface area contributed by atoms with Crippen molar-refractivity contribution in [2.24, 2.45) is 0 Å². The highest BCUT2D eigenvalue weighted by molar-refractivity contribution is 5.83. The average molecular weight is 622 g/mol. The van der Waals surface area contributed by atoms with Crippen LogP contribution in [0.4, 0.5) is 9.18 Å². The van der Waals surface area contributed by atoms with Gasteiger partial charge in [0.1, 0.15) is 17.7 Å². The number of amides is 3. The topological polar surface area (TPSA) is 79.4 Å². The van der Waals surface area contributed by atoms with E-state index in [1.54, 1.807) is 41.3 Å². The number of carbonyl (C=O) groups excluding carboxylic acids is 2. The van der Waals surface area contributed by atoms with E-state index in [2.05, 4.69) is 58.7 Å². The lowest BCUT2D eigenvalue weighted by molar-refractivity contribution is -0.179. The summed E-state index contributed by atoms with van der Waals surface area (Å²) in [6, 6.07) is 33.7. The number of phenols is 1. The molecule has 238 valence electrons. The van der Waals surface area contributed by atoms with Crippen molar-refractivity contribution in [3.05, 3.63) is 137 Å². The van der Waals surface area contributed by atoms with Gasteiger partial charge in [-0.1, -0.05) is 84.9 Å². The largest absolute Gasteiger partial charge is 0.508 e. The van der Waals surface area contributed by atoms with Crippen molar-refractivity contribution in [3.63, 3.8) is 0 Å². The normalized spacial score (nSPS) is 18.9. The number of likely N-dealkylation sites (N-methyl/N-ethyl adjacent to an activating group) is 1. The summed E-state index contributed by atoms with van der Waals surface area (Å²) in [5, 5.41) is 16.2. The van der Waals surface area contributed by atoms with Gasteiger partial charge in [0, 0.05) is 32.6 Å². The molecule has 46 heavy (non-hydrogen) atoms. The van der Waals surface area contributed by atoms with Crippen LogP contribution in [0.25, 0.3) is 0 Å². The molecule has 2 aliphatic heterocycles. The molecule has 6 rings (SSSR count). The lowest BCUT2D eigenvalue weighted by atomic mass is 9.88. The smallest absolute Gasteiger partial charge is 0.334 e. The summed E-state index contributed by atoms with van der Waals surface area (Å²) >= 11 is 0. The van der Waals surface area contributed by atoms with Gasteiger partial charge in [0.15, 0.2) is 0 Å². The number of halogens is 1. The number of aromatic hydroxyl groups is 1. The molecular weight excluding hydrogens is 581 g/mol. The van der Waals surface area contributed by atoms with Gasteiger partial charge in [0.2, 0.25) is 5.91 Å². The van der Waals surface area contributed by atoms with Crippen LogP contribution < -0.4 is 5.32 Å². The highest BCUT2D eigenvalue weighted by Crippen LogP contribution is 2.31. The average Bonchev–Trinajstić information content (AvgIpc) is 3.06. The molecule has 9 heteroatoms. The zero-order chi connectivity index (χ0) is 32.0. The maximum Gasteiger partial charge on any atom is 0.334 e. The van der Waals surface area contributed by atoms with Gasteiger partial charge < -0.3 is 15.3 Å². The van der Waals surface area contributed by atoms with E-state index in [1.165, 1.54) is 23.3 Å². The van der Waals surface area contributed by atoms with Crippen LogP contribution >= 0.6 is 0 Å². The predicted octanol–water partition coefficient (Wildman–Crippen LogP) is 5.21. The molecular formula is C37H40FN5O3. The first kappa shape index (κ1) is 31.3. The molecule has 2 saturated heterocycles. The van der Waals surface area contributed by atoms with E-state index in [9.17, 15) is 19.1 Å². The maximum atomic E-state index is 13.8. The minimum atomic E-state index is -0.512. The van der Waals surface area contributed by atoms with Crippen molar-refractivity contribution in [3.8, 4) is 5.75 Å². The lowest BCUT2D eigenvalue weighted by Gasteiger charge is -2.55. The SMILES string of the molecule is CN1CC(=O)N2[C@@H](Cc3ccc(O)cc3)CN(CCC(c3ccccc3)c3ccccc3)C[C@@H]2N1C(=O)NCc1ccc(F)cc1.